The van der Waals surface area contributed by atoms with Crippen LogP contribution >= 0.6 is 0 Å². The topological polar surface area (TPSA) is 60.2 Å². The van der Waals surface area contributed by atoms with Crippen LogP contribution < -0.4 is 10.1 Å². The van der Waals surface area contributed by atoms with Crippen LogP contribution in [0, 0.1) is 5.82 Å². The lowest BCUT2D eigenvalue weighted by Gasteiger charge is -2.10. The summed E-state index contributed by atoms with van der Waals surface area (Å²) < 4.78 is 24.3. The van der Waals surface area contributed by atoms with Crippen molar-refractivity contribution >= 4 is 0 Å². The van der Waals surface area contributed by atoms with Crippen LogP contribution in [0.3, 0.4) is 0 Å². The zero-order valence-corrected chi connectivity index (χ0v) is 12.5. The van der Waals surface area contributed by atoms with Crippen molar-refractivity contribution in [3.05, 3.63) is 41.3 Å². The molecular formula is C15H20FN3O2. The van der Waals surface area contributed by atoms with Gasteiger partial charge in [0.2, 0.25) is 11.7 Å². The minimum Gasteiger partial charge on any atom is -0.482 e. The molecule has 0 unspecified atom stereocenters. The third-order valence-electron chi connectivity index (χ3n) is 2.88. The minimum absolute atomic E-state index is 0.0873. The van der Waals surface area contributed by atoms with Gasteiger partial charge in [0, 0.05) is 19.0 Å². The summed E-state index contributed by atoms with van der Waals surface area (Å²) in [6.45, 7) is 6.72. The summed E-state index contributed by atoms with van der Waals surface area (Å²) in [4.78, 5) is 4.10. The molecule has 1 heterocycles. The highest BCUT2D eigenvalue weighted by Crippen LogP contribution is 2.19. The summed E-state index contributed by atoms with van der Waals surface area (Å²) in [5, 5.41) is 6.99. The van der Waals surface area contributed by atoms with Crippen molar-refractivity contribution in [1.82, 2.24) is 15.5 Å². The van der Waals surface area contributed by atoms with E-state index >= 15 is 0 Å². The maximum atomic E-state index is 13.9. The normalized spacial score (nSPS) is 11.1. The predicted octanol–water partition coefficient (Wildman–Crippen LogP) is 2.85. The van der Waals surface area contributed by atoms with Crippen LogP contribution in [0.2, 0.25) is 0 Å². The first kappa shape index (κ1) is 15.4. The maximum Gasteiger partial charge on any atom is 0.226 e. The number of halogens is 1. The Kier molecular flexibility index (Phi) is 5.27. The van der Waals surface area contributed by atoms with Gasteiger partial charge in [0.05, 0.1) is 0 Å². The van der Waals surface area contributed by atoms with Gasteiger partial charge in [0.25, 0.3) is 0 Å². The Bertz CT molecular complexity index is 584. The quantitative estimate of drug-likeness (QED) is 0.850. The number of aryl methyl sites for hydroxylation is 1. The van der Waals surface area contributed by atoms with Gasteiger partial charge >= 0.3 is 0 Å². The molecule has 21 heavy (non-hydrogen) atoms. The molecule has 0 amide bonds. The first-order chi connectivity index (χ1) is 10.1. The van der Waals surface area contributed by atoms with Crippen LogP contribution in [-0.4, -0.2) is 16.2 Å². The molecule has 2 aromatic rings. The van der Waals surface area contributed by atoms with Gasteiger partial charge in [-0.1, -0.05) is 32.0 Å². The monoisotopic (exact) mass is 293 g/mol. The van der Waals surface area contributed by atoms with E-state index in [0.717, 1.165) is 5.56 Å². The lowest BCUT2D eigenvalue weighted by molar-refractivity contribution is 0.272. The second-order valence-corrected chi connectivity index (χ2v) is 5.05. The second-order valence-electron chi connectivity index (χ2n) is 5.05. The Morgan fingerprint density at radius 1 is 1.38 bits per heavy atom. The number of hydrogen-bond acceptors (Lipinski definition) is 5. The van der Waals surface area contributed by atoms with Crippen LogP contribution in [0.1, 0.15) is 38.0 Å². The zero-order chi connectivity index (χ0) is 15.2. The van der Waals surface area contributed by atoms with E-state index in [0.29, 0.717) is 30.7 Å². The second kappa shape index (κ2) is 7.17. The summed E-state index contributed by atoms with van der Waals surface area (Å²) in [6.07, 6.45) is 0.666. The molecular weight excluding hydrogens is 273 g/mol. The summed E-state index contributed by atoms with van der Waals surface area (Å²) in [7, 11) is 0. The number of rotatable bonds is 7. The number of ether oxygens (including phenoxy) is 1. The van der Waals surface area contributed by atoms with Crippen molar-refractivity contribution < 1.29 is 13.7 Å². The van der Waals surface area contributed by atoms with E-state index < -0.39 is 5.82 Å². The first-order valence-electron chi connectivity index (χ1n) is 7.04. The van der Waals surface area contributed by atoms with E-state index in [4.69, 9.17) is 9.26 Å². The average molecular weight is 293 g/mol. The van der Waals surface area contributed by atoms with Crippen LogP contribution in [0.4, 0.5) is 4.39 Å². The Hall–Kier alpha value is -1.95. The highest BCUT2D eigenvalue weighted by molar-refractivity contribution is 5.29. The Morgan fingerprint density at radius 2 is 2.19 bits per heavy atom. The van der Waals surface area contributed by atoms with Gasteiger partial charge in [0.1, 0.15) is 0 Å². The first-order valence-corrected chi connectivity index (χ1v) is 7.04. The summed E-state index contributed by atoms with van der Waals surface area (Å²) in [6, 6.07) is 5.28. The Morgan fingerprint density at radius 3 is 2.81 bits per heavy atom. The molecule has 0 aliphatic rings. The standard InChI is InChI=1S/C15H20FN3O2/c1-4-15-18-14(19-21-15)9-20-13-6-5-11(7-12(13)16)8-17-10(2)3/h5-7,10,17H,4,8-9H2,1-3H3. The molecule has 1 aromatic heterocycles. The van der Waals surface area contributed by atoms with Crippen LogP contribution in [0.15, 0.2) is 22.7 Å². The molecule has 114 valence electrons. The van der Waals surface area contributed by atoms with Gasteiger partial charge in [-0.25, -0.2) is 4.39 Å². The molecule has 0 saturated carbocycles. The lowest BCUT2D eigenvalue weighted by atomic mass is 10.2. The number of nitrogens with zero attached hydrogens (tertiary/aromatic N) is 2. The van der Waals surface area contributed by atoms with Gasteiger partial charge in [0.15, 0.2) is 18.2 Å². The van der Waals surface area contributed by atoms with Crippen molar-refractivity contribution in [2.24, 2.45) is 0 Å². The number of aromatic nitrogens is 2. The minimum atomic E-state index is -0.391. The van der Waals surface area contributed by atoms with Gasteiger partial charge in [-0.05, 0) is 17.7 Å². The number of benzene rings is 1. The largest absolute Gasteiger partial charge is 0.482 e. The number of hydrogen-bond donors (Lipinski definition) is 1. The van der Waals surface area contributed by atoms with E-state index in [9.17, 15) is 4.39 Å². The third-order valence-corrected chi connectivity index (χ3v) is 2.88. The molecule has 0 radical (unpaired) electrons. The van der Waals surface area contributed by atoms with Gasteiger partial charge in [-0.15, -0.1) is 0 Å². The summed E-state index contributed by atoms with van der Waals surface area (Å²) >= 11 is 0. The van der Waals surface area contributed by atoms with E-state index in [-0.39, 0.29) is 12.4 Å². The lowest BCUT2D eigenvalue weighted by Crippen LogP contribution is -2.21. The molecule has 2 rings (SSSR count). The van der Waals surface area contributed by atoms with E-state index in [1.165, 1.54) is 6.07 Å². The van der Waals surface area contributed by atoms with Crippen LogP contribution in [0.25, 0.3) is 0 Å². The fourth-order valence-electron chi connectivity index (χ4n) is 1.73. The van der Waals surface area contributed by atoms with Gasteiger partial charge in [-0.3, -0.25) is 0 Å². The predicted molar refractivity (Wildman–Crippen MR) is 76.4 cm³/mol. The van der Waals surface area contributed by atoms with Crippen LogP contribution in [0.5, 0.6) is 5.75 Å². The van der Waals surface area contributed by atoms with Gasteiger partial charge in [-0.2, -0.15) is 4.98 Å². The summed E-state index contributed by atoms with van der Waals surface area (Å²) in [5.41, 5.74) is 0.876. The number of nitrogens with one attached hydrogen (secondary N) is 1. The molecule has 0 bridgehead atoms. The van der Waals surface area contributed by atoms with Crippen molar-refractivity contribution in [2.75, 3.05) is 0 Å². The maximum absolute atomic E-state index is 13.9. The zero-order valence-electron chi connectivity index (χ0n) is 12.5. The molecule has 1 N–H and O–H groups in total. The smallest absolute Gasteiger partial charge is 0.226 e. The molecule has 6 heteroatoms. The molecule has 0 fully saturated rings. The van der Waals surface area contributed by atoms with Crippen molar-refractivity contribution in [2.45, 2.75) is 46.4 Å². The Balaban J connectivity index is 1.94. The molecule has 1 aromatic carbocycles. The Labute approximate surface area is 123 Å². The van der Waals surface area contributed by atoms with Gasteiger partial charge < -0.3 is 14.6 Å². The molecule has 5 nitrogen and oxygen atoms in total. The fraction of sp³-hybridized carbons (Fsp3) is 0.467. The van der Waals surface area contributed by atoms with E-state index in [1.807, 2.05) is 26.8 Å². The highest BCUT2D eigenvalue weighted by Gasteiger charge is 2.09. The van der Waals surface area contributed by atoms with Crippen molar-refractivity contribution in [1.29, 1.82) is 0 Å². The average Bonchev–Trinajstić information content (AvgIpc) is 2.92. The van der Waals surface area contributed by atoms with Crippen molar-refractivity contribution in [3.8, 4) is 5.75 Å². The highest BCUT2D eigenvalue weighted by atomic mass is 19.1. The van der Waals surface area contributed by atoms with Crippen LogP contribution in [-0.2, 0) is 19.6 Å². The molecule has 0 spiro atoms. The molecule has 0 atom stereocenters. The summed E-state index contributed by atoms with van der Waals surface area (Å²) in [5.74, 6) is 0.754. The fourth-order valence-corrected chi connectivity index (χ4v) is 1.73. The molecule has 0 aliphatic carbocycles. The third kappa shape index (κ3) is 4.53. The molecule has 0 saturated heterocycles. The van der Waals surface area contributed by atoms with E-state index in [2.05, 4.69) is 15.5 Å². The van der Waals surface area contributed by atoms with Crippen molar-refractivity contribution in [3.63, 3.8) is 0 Å². The molecule has 0 aliphatic heterocycles. The van der Waals surface area contributed by atoms with E-state index in [1.54, 1.807) is 6.07 Å². The SMILES string of the molecule is CCc1nc(COc2ccc(CNC(C)C)cc2F)no1.